The zero-order valence-electron chi connectivity index (χ0n) is 19.1. The van der Waals surface area contributed by atoms with Crippen molar-refractivity contribution < 1.29 is 14.3 Å². The molecule has 2 aliphatic heterocycles. The number of hydrogen-bond acceptors (Lipinski definition) is 4. The van der Waals surface area contributed by atoms with E-state index in [0.29, 0.717) is 59.3 Å². The normalized spacial score (nSPS) is 16.6. The van der Waals surface area contributed by atoms with E-state index in [0.717, 1.165) is 18.7 Å². The van der Waals surface area contributed by atoms with Crippen LogP contribution in [0.3, 0.4) is 0 Å². The number of halogens is 2. The van der Waals surface area contributed by atoms with Crippen LogP contribution in [0.1, 0.15) is 20.7 Å². The first-order valence-corrected chi connectivity index (χ1v) is 12.3. The quantitative estimate of drug-likeness (QED) is 0.481. The topological polar surface area (TPSA) is 53.1 Å². The van der Waals surface area contributed by atoms with Gasteiger partial charge in [-0.3, -0.25) is 14.5 Å². The Morgan fingerprint density at radius 1 is 0.686 bits per heavy atom. The van der Waals surface area contributed by atoms with Gasteiger partial charge >= 0.3 is 0 Å². The summed E-state index contributed by atoms with van der Waals surface area (Å²) in [6.07, 6.45) is 0. The predicted molar refractivity (Wildman–Crippen MR) is 137 cm³/mol. The van der Waals surface area contributed by atoms with E-state index in [1.165, 1.54) is 0 Å². The standard InChI is InChI=1S/C27H25Cl2N3O3/c28-24-11-10-23(16-25(24)29)35-22-8-6-20(7-9-22)27(34)32-17-21(18-32)30-12-14-31(15-13-30)26(33)19-4-2-1-3-5-19/h1-11,16,21H,12-15,17-18H2. The molecule has 35 heavy (non-hydrogen) atoms. The van der Waals surface area contributed by atoms with E-state index in [4.69, 9.17) is 27.9 Å². The van der Waals surface area contributed by atoms with Gasteiger partial charge < -0.3 is 14.5 Å². The van der Waals surface area contributed by atoms with Crippen LogP contribution in [0.25, 0.3) is 0 Å². The van der Waals surface area contributed by atoms with Crippen LogP contribution >= 0.6 is 23.2 Å². The van der Waals surface area contributed by atoms with Crippen molar-refractivity contribution in [2.24, 2.45) is 0 Å². The summed E-state index contributed by atoms with van der Waals surface area (Å²) in [7, 11) is 0. The molecule has 0 saturated carbocycles. The number of amides is 2. The van der Waals surface area contributed by atoms with Gasteiger partial charge in [-0.25, -0.2) is 0 Å². The smallest absolute Gasteiger partial charge is 0.253 e. The number of carbonyl (C=O) groups is 2. The third kappa shape index (κ3) is 5.30. The molecule has 0 atom stereocenters. The number of carbonyl (C=O) groups excluding carboxylic acids is 2. The molecule has 0 spiro atoms. The largest absolute Gasteiger partial charge is 0.457 e. The Bertz CT molecular complexity index is 1210. The third-order valence-electron chi connectivity index (χ3n) is 6.52. The summed E-state index contributed by atoms with van der Waals surface area (Å²) in [6.45, 7) is 4.47. The molecule has 0 N–H and O–H groups in total. The summed E-state index contributed by atoms with van der Waals surface area (Å²) in [5, 5.41) is 0.892. The fourth-order valence-corrected chi connectivity index (χ4v) is 4.72. The Balaban J connectivity index is 1.09. The summed E-state index contributed by atoms with van der Waals surface area (Å²) in [6, 6.07) is 21.9. The van der Waals surface area contributed by atoms with Gasteiger partial charge in [-0.15, -0.1) is 0 Å². The number of benzene rings is 3. The lowest BCUT2D eigenvalue weighted by atomic mass is 10.0. The summed E-state index contributed by atoms with van der Waals surface area (Å²) < 4.78 is 5.80. The van der Waals surface area contributed by atoms with Crippen LogP contribution in [0.2, 0.25) is 10.0 Å². The van der Waals surface area contributed by atoms with Gasteiger partial charge in [0.25, 0.3) is 11.8 Å². The van der Waals surface area contributed by atoms with Crippen molar-refractivity contribution in [3.05, 3.63) is 94.0 Å². The van der Waals surface area contributed by atoms with E-state index < -0.39 is 0 Å². The summed E-state index contributed by atoms with van der Waals surface area (Å²) in [5.41, 5.74) is 1.36. The molecule has 180 valence electrons. The molecule has 3 aromatic carbocycles. The van der Waals surface area contributed by atoms with Crippen molar-refractivity contribution in [2.45, 2.75) is 6.04 Å². The molecule has 2 amide bonds. The van der Waals surface area contributed by atoms with Crippen LogP contribution in [0.4, 0.5) is 0 Å². The maximum atomic E-state index is 12.9. The van der Waals surface area contributed by atoms with Crippen LogP contribution in [0.15, 0.2) is 72.8 Å². The van der Waals surface area contributed by atoms with Crippen molar-refractivity contribution >= 4 is 35.0 Å². The molecule has 0 aliphatic carbocycles. The second-order valence-corrected chi connectivity index (χ2v) is 9.57. The van der Waals surface area contributed by atoms with Crippen LogP contribution in [0.5, 0.6) is 11.5 Å². The van der Waals surface area contributed by atoms with Gasteiger partial charge in [-0.05, 0) is 48.5 Å². The van der Waals surface area contributed by atoms with E-state index in [1.54, 1.807) is 42.5 Å². The highest BCUT2D eigenvalue weighted by atomic mass is 35.5. The lowest BCUT2D eigenvalue weighted by Gasteiger charge is -2.48. The minimum atomic E-state index is 0.0141. The Kier molecular flexibility index (Phi) is 6.95. The molecule has 6 nitrogen and oxygen atoms in total. The average molecular weight is 510 g/mol. The summed E-state index contributed by atoms with van der Waals surface area (Å²) in [4.78, 5) is 31.7. The highest BCUT2D eigenvalue weighted by molar-refractivity contribution is 6.42. The molecule has 5 rings (SSSR count). The van der Waals surface area contributed by atoms with Gasteiger partial charge in [0.1, 0.15) is 11.5 Å². The molecule has 0 aromatic heterocycles. The Labute approximate surface area is 214 Å². The van der Waals surface area contributed by atoms with Gasteiger partial charge in [0, 0.05) is 62.5 Å². The van der Waals surface area contributed by atoms with Gasteiger partial charge in [-0.2, -0.15) is 0 Å². The molecule has 0 bridgehead atoms. The Morgan fingerprint density at radius 2 is 1.29 bits per heavy atom. The zero-order valence-corrected chi connectivity index (χ0v) is 20.6. The number of piperazine rings is 1. The van der Waals surface area contributed by atoms with E-state index in [1.807, 2.05) is 40.1 Å². The van der Waals surface area contributed by atoms with Crippen molar-refractivity contribution in [3.8, 4) is 11.5 Å². The van der Waals surface area contributed by atoms with Crippen molar-refractivity contribution in [1.82, 2.24) is 14.7 Å². The monoisotopic (exact) mass is 509 g/mol. The van der Waals surface area contributed by atoms with E-state index in [-0.39, 0.29) is 11.8 Å². The van der Waals surface area contributed by atoms with Crippen LogP contribution in [0, 0.1) is 0 Å². The first-order chi connectivity index (χ1) is 17.0. The second kappa shape index (κ2) is 10.3. The van der Waals surface area contributed by atoms with Gasteiger partial charge in [0.2, 0.25) is 0 Å². The highest BCUT2D eigenvalue weighted by Gasteiger charge is 2.37. The lowest BCUT2D eigenvalue weighted by Crippen LogP contribution is -2.64. The van der Waals surface area contributed by atoms with Crippen LogP contribution in [-0.2, 0) is 0 Å². The molecule has 2 heterocycles. The SMILES string of the molecule is O=C(c1ccccc1)N1CCN(C2CN(C(=O)c3ccc(Oc4ccc(Cl)c(Cl)c4)cc3)C2)CC1. The third-order valence-corrected chi connectivity index (χ3v) is 7.26. The Hall–Kier alpha value is -3.06. The zero-order chi connectivity index (χ0) is 24.4. The predicted octanol–water partition coefficient (Wildman–Crippen LogP) is 5.07. The van der Waals surface area contributed by atoms with Gasteiger partial charge in [0.05, 0.1) is 10.0 Å². The maximum absolute atomic E-state index is 12.9. The highest BCUT2D eigenvalue weighted by Crippen LogP contribution is 2.30. The summed E-state index contributed by atoms with van der Waals surface area (Å²) >= 11 is 12.0. The van der Waals surface area contributed by atoms with Crippen molar-refractivity contribution in [2.75, 3.05) is 39.3 Å². The molecule has 3 aromatic rings. The molecular formula is C27H25Cl2N3O3. The Morgan fingerprint density at radius 3 is 1.94 bits per heavy atom. The first kappa shape index (κ1) is 23.7. The number of ether oxygens (including phenoxy) is 1. The minimum Gasteiger partial charge on any atom is -0.457 e. The van der Waals surface area contributed by atoms with Crippen LogP contribution in [-0.4, -0.2) is 71.8 Å². The molecule has 0 unspecified atom stereocenters. The number of rotatable bonds is 5. The minimum absolute atomic E-state index is 0.0141. The van der Waals surface area contributed by atoms with Crippen LogP contribution < -0.4 is 4.74 Å². The number of hydrogen-bond donors (Lipinski definition) is 0. The van der Waals surface area contributed by atoms with Crippen molar-refractivity contribution in [1.29, 1.82) is 0 Å². The summed E-state index contributed by atoms with van der Waals surface area (Å²) in [5.74, 6) is 1.29. The van der Waals surface area contributed by atoms with Crippen molar-refractivity contribution in [3.63, 3.8) is 0 Å². The average Bonchev–Trinajstić information content (AvgIpc) is 2.86. The lowest BCUT2D eigenvalue weighted by molar-refractivity contribution is 0.00854. The molecule has 2 fully saturated rings. The van der Waals surface area contributed by atoms with Gasteiger partial charge in [0.15, 0.2) is 0 Å². The molecular weight excluding hydrogens is 485 g/mol. The second-order valence-electron chi connectivity index (χ2n) is 8.76. The van der Waals surface area contributed by atoms with Gasteiger partial charge in [-0.1, -0.05) is 41.4 Å². The molecule has 2 saturated heterocycles. The number of likely N-dealkylation sites (tertiary alicyclic amines) is 1. The van der Waals surface area contributed by atoms with E-state index in [2.05, 4.69) is 4.90 Å². The van der Waals surface area contributed by atoms with E-state index in [9.17, 15) is 9.59 Å². The molecule has 2 aliphatic rings. The molecule has 8 heteroatoms. The van der Waals surface area contributed by atoms with E-state index >= 15 is 0 Å². The molecule has 0 radical (unpaired) electrons. The number of nitrogens with zero attached hydrogens (tertiary/aromatic N) is 3. The fourth-order valence-electron chi connectivity index (χ4n) is 4.43. The fraction of sp³-hybridized carbons (Fsp3) is 0.259. The first-order valence-electron chi connectivity index (χ1n) is 11.6. The maximum Gasteiger partial charge on any atom is 0.253 e.